The molecule has 0 saturated carbocycles. The van der Waals surface area contributed by atoms with Gasteiger partial charge in [-0.2, -0.15) is 0 Å². The summed E-state index contributed by atoms with van der Waals surface area (Å²) >= 11 is 0. The Morgan fingerprint density at radius 1 is 1.25 bits per heavy atom. The lowest BCUT2D eigenvalue weighted by Gasteiger charge is -2.32. The molecule has 2 heterocycles. The average Bonchev–Trinajstić information content (AvgIpc) is 3.18. The summed E-state index contributed by atoms with van der Waals surface area (Å²) in [6, 6.07) is 9.00. The second kappa shape index (κ2) is 9.61. The number of morpholine rings is 1. The summed E-state index contributed by atoms with van der Waals surface area (Å²) in [5.41, 5.74) is 1.42. The molecule has 1 N–H and O–H groups in total. The molecule has 6 nitrogen and oxygen atoms in total. The fraction of sp³-hybridized carbons (Fsp3) is 0.682. The van der Waals surface area contributed by atoms with Crippen molar-refractivity contribution in [1.29, 1.82) is 0 Å². The van der Waals surface area contributed by atoms with Crippen molar-refractivity contribution in [1.82, 2.24) is 15.1 Å². The standard InChI is InChI=1S/C22H36N4O2/c1-22(2,3)18-6-5-7-20(16-18)28-13-9-24-21(23-4)26-10-8-19(17-26)25-11-14-27-15-12-25/h5-7,16,19H,8-15,17H2,1-4H3,(H,23,24). The van der Waals surface area contributed by atoms with Crippen LogP contribution in [0, 0.1) is 0 Å². The maximum absolute atomic E-state index is 5.96. The highest BCUT2D eigenvalue weighted by molar-refractivity contribution is 5.80. The third-order valence-corrected chi connectivity index (χ3v) is 5.59. The molecule has 1 atom stereocenters. The predicted molar refractivity (Wildman–Crippen MR) is 114 cm³/mol. The van der Waals surface area contributed by atoms with Gasteiger partial charge in [0.15, 0.2) is 5.96 Å². The monoisotopic (exact) mass is 388 g/mol. The highest BCUT2D eigenvalue weighted by Crippen LogP contribution is 2.25. The van der Waals surface area contributed by atoms with Gasteiger partial charge >= 0.3 is 0 Å². The van der Waals surface area contributed by atoms with Gasteiger partial charge in [-0.3, -0.25) is 9.89 Å². The number of nitrogens with one attached hydrogen (secondary N) is 1. The second-order valence-corrected chi connectivity index (χ2v) is 8.64. The van der Waals surface area contributed by atoms with E-state index in [9.17, 15) is 0 Å². The summed E-state index contributed by atoms with van der Waals surface area (Å²) in [6.07, 6.45) is 1.19. The summed E-state index contributed by atoms with van der Waals surface area (Å²) < 4.78 is 11.4. The number of ether oxygens (including phenoxy) is 2. The van der Waals surface area contributed by atoms with E-state index >= 15 is 0 Å². The van der Waals surface area contributed by atoms with Crippen LogP contribution in [0.4, 0.5) is 0 Å². The van der Waals surface area contributed by atoms with Crippen LogP contribution in [0.1, 0.15) is 32.8 Å². The van der Waals surface area contributed by atoms with Crippen LogP contribution in [0.5, 0.6) is 5.75 Å². The molecule has 0 bridgehead atoms. The zero-order valence-corrected chi connectivity index (χ0v) is 17.9. The first-order valence-corrected chi connectivity index (χ1v) is 10.5. The molecule has 0 amide bonds. The molecule has 2 aliphatic heterocycles. The van der Waals surface area contributed by atoms with E-state index in [2.05, 4.69) is 59.1 Å². The fourth-order valence-electron chi connectivity index (χ4n) is 3.89. The number of hydrogen-bond acceptors (Lipinski definition) is 4. The third-order valence-electron chi connectivity index (χ3n) is 5.59. The second-order valence-electron chi connectivity index (χ2n) is 8.64. The van der Waals surface area contributed by atoms with E-state index < -0.39 is 0 Å². The van der Waals surface area contributed by atoms with Crippen molar-refractivity contribution in [2.45, 2.75) is 38.6 Å². The number of hydrogen-bond donors (Lipinski definition) is 1. The van der Waals surface area contributed by atoms with E-state index in [1.165, 1.54) is 12.0 Å². The molecule has 28 heavy (non-hydrogen) atoms. The highest BCUT2D eigenvalue weighted by atomic mass is 16.5. The van der Waals surface area contributed by atoms with E-state index in [4.69, 9.17) is 9.47 Å². The lowest BCUT2D eigenvalue weighted by atomic mass is 9.87. The fourth-order valence-corrected chi connectivity index (χ4v) is 3.89. The van der Waals surface area contributed by atoms with Crippen molar-refractivity contribution in [2.75, 3.05) is 59.6 Å². The Morgan fingerprint density at radius 3 is 2.75 bits per heavy atom. The van der Waals surface area contributed by atoms with Crippen molar-refractivity contribution in [2.24, 2.45) is 4.99 Å². The Hall–Kier alpha value is -1.79. The van der Waals surface area contributed by atoms with Crippen LogP contribution in [0.15, 0.2) is 29.3 Å². The first kappa shape index (κ1) is 20.9. The van der Waals surface area contributed by atoms with Crippen LogP contribution >= 0.6 is 0 Å². The molecule has 6 heteroatoms. The van der Waals surface area contributed by atoms with E-state index in [-0.39, 0.29) is 5.41 Å². The summed E-state index contributed by atoms with van der Waals surface area (Å²) in [5.74, 6) is 1.90. The molecular weight excluding hydrogens is 352 g/mol. The molecule has 1 aromatic rings. The summed E-state index contributed by atoms with van der Waals surface area (Å²) in [4.78, 5) is 9.39. The zero-order chi connectivity index (χ0) is 20.0. The molecule has 156 valence electrons. The number of aliphatic imine (C=N–C) groups is 1. The van der Waals surface area contributed by atoms with E-state index in [0.717, 1.165) is 57.6 Å². The van der Waals surface area contributed by atoms with Gasteiger partial charge in [0, 0.05) is 39.3 Å². The van der Waals surface area contributed by atoms with Crippen molar-refractivity contribution >= 4 is 5.96 Å². The molecule has 0 radical (unpaired) electrons. The Balaban J connectivity index is 1.42. The van der Waals surface area contributed by atoms with Crippen LogP contribution in [-0.4, -0.2) is 81.4 Å². The quantitative estimate of drug-likeness (QED) is 0.477. The molecular formula is C22H36N4O2. The van der Waals surface area contributed by atoms with Gasteiger partial charge in [-0.05, 0) is 29.5 Å². The molecule has 3 rings (SSSR count). The minimum Gasteiger partial charge on any atom is -0.492 e. The first-order valence-electron chi connectivity index (χ1n) is 10.5. The van der Waals surface area contributed by atoms with Gasteiger partial charge in [-0.1, -0.05) is 32.9 Å². The Bertz CT molecular complexity index is 650. The minimum atomic E-state index is 0.131. The minimum absolute atomic E-state index is 0.131. The van der Waals surface area contributed by atoms with Gasteiger partial charge in [-0.25, -0.2) is 0 Å². The lowest BCUT2D eigenvalue weighted by molar-refractivity contribution is 0.0195. The molecule has 2 fully saturated rings. The predicted octanol–water partition coefficient (Wildman–Crippen LogP) is 2.34. The number of likely N-dealkylation sites (tertiary alicyclic amines) is 1. The Labute approximate surface area is 169 Å². The summed E-state index contributed by atoms with van der Waals surface area (Å²) in [6.45, 7) is 13.9. The van der Waals surface area contributed by atoms with Gasteiger partial charge < -0.3 is 19.7 Å². The molecule has 0 aromatic heterocycles. The van der Waals surface area contributed by atoms with Crippen molar-refractivity contribution < 1.29 is 9.47 Å². The molecule has 2 aliphatic rings. The van der Waals surface area contributed by atoms with Crippen molar-refractivity contribution in [3.63, 3.8) is 0 Å². The Morgan fingerprint density at radius 2 is 2.04 bits per heavy atom. The van der Waals surface area contributed by atoms with Gasteiger partial charge in [0.05, 0.1) is 19.8 Å². The largest absolute Gasteiger partial charge is 0.492 e. The van der Waals surface area contributed by atoms with Crippen LogP contribution < -0.4 is 10.1 Å². The number of nitrogens with zero attached hydrogens (tertiary/aromatic N) is 3. The van der Waals surface area contributed by atoms with Crippen LogP contribution in [0.25, 0.3) is 0 Å². The normalized spacial score (nSPS) is 21.8. The van der Waals surface area contributed by atoms with Crippen molar-refractivity contribution in [3.8, 4) is 5.75 Å². The lowest BCUT2D eigenvalue weighted by Crippen LogP contribution is -2.47. The summed E-state index contributed by atoms with van der Waals surface area (Å²) in [7, 11) is 1.86. The third kappa shape index (κ3) is 5.61. The smallest absolute Gasteiger partial charge is 0.193 e. The number of benzene rings is 1. The van der Waals surface area contributed by atoms with Gasteiger partial charge in [0.1, 0.15) is 12.4 Å². The zero-order valence-electron chi connectivity index (χ0n) is 17.9. The van der Waals surface area contributed by atoms with Crippen LogP contribution in [-0.2, 0) is 10.2 Å². The number of rotatable bonds is 5. The van der Waals surface area contributed by atoms with E-state index in [0.29, 0.717) is 12.6 Å². The summed E-state index contributed by atoms with van der Waals surface area (Å²) in [5, 5.41) is 3.46. The molecule has 1 aromatic carbocycles. The molecule has 2 saturated heterocycles. The maximum atomic E-state index is 5.96. The Kier molecular flexibility index (Phi) is 7.18. The number of guanidine groups is 1. The van der Waals surface area contributed by atoms with Crippen LogP contribution in [0.3, 0.4) is 0 Å². The van der Waals surface area contributed by atoms with E-state index in [1.54, 1.807) is 0 Å². The SMILES string of the molecule is CN=C(NCCOc1cccc(C(C)(C)C)c1)N1CCC(N2CCOCC2)C1. The van der Waals surface area contributed by atoms with Crippen molar-refractivity contribution in [3.05, 3.63) is 29.8 Å². The highest BCUT2D eigenvalue weighted by Gasteiger charge is 2.30. The maximum Gasteiger partial charge on any atom is 0.193 e. The van der Waals surface area contributed by atoms with Gasteiger partial charge in [0.2, 0.25) is 0 Å². The molecule has 1 unspecified atom stereocenters. The first-order chi connectivity index (χ1) is 13.5. The molecule has 0 spiro atoms. The van der Waals surface area contributed by atoms with E-state index in [1.807, 2.05) is 13.1 Å². The van der Waals surface area contributed by atoms with Gasteiger partial charge in [0.25, 0.3) is 0 Å². The van der Waals surface area contributed by atoms with Crippen LogP contribution in [0.2, 0.25) is 0 Å². The average molecular weight is 389 g/mol. The van der Waals surface area contributed by atoms with Gasteiger partial charge in [-0.15, -0.1) is 0 Å². The topological polar surface area (TPSA) is 49.3 Å². The molecule has 0 aliphatic carbocycles.